The quantitative estimate of drug-likeness (QED) is 0.517. The molecule has 3 rings (SSSR count). The van der Waals surface area contributed by atoms with E-state index in [9.17, 15) is 13.6 Å². The van der Waals surface area contributed by atoms with E-state index >= 15 is 0 Å². The van der Waals surface area contributed by atoms with Gasteiger partial charge in [0, 0.05) is 5.56 Å². The fourth-order valence-corrected chi connectivity index (χ4v) is 2.64. The Bertz CT molecular complexity index is 944. The zero-order chi connectivity index (χ0) is 21.0. The fraction of sp³-hybridized carbons (Fsp3) is 0.200. The third-order valence-corrected chi connectivity index (χ3v) is 3.94. The number of hydrogen-bond acceptors (Lipinski definition) is 7. The van der Waals surface area contributed by atoms with Crippen LogP contribution in [-0.2, 0) is 9.53 Å². The van der Waals surface area contributed by atoms with Gasteiger partial charge < -0.3 is 23.7 Å². The molecule has 0 aliphatic carbocycles. The summed E-state index contributed by atoms with van der Waals surface area (Å²) in [7, 11) is 4.41. The SMILES string of the molecule is COc1cc(C2=N/C(=C/c3ccc(OC(F)F)cc3)C(=O)O2)cc(OC)c1OC. The molecule has 1 heterocycles. The second-order valence-electron chi connectivity index (χ2n) is 5.70. The maximum absolute atomic E-state index is 12.2. The first-order valence-electron chi connectivity index (χ1n) is 8.33. The predicted octanol–water partition coefficient (Wildman–Crippen LogP) is 3.66. The van der Waals surface area contributed by atoms with Crippen molar-refractivity contribution in [3.05, 3.63) is 53.2 Å². The van der Waals surface area contributed by atoms with Crippen LogP contribution in [0.25, 0.3) is 6.08 Å². The molecule has 7 nitrogen and oxygen atoms in total. The molecule has 0 fully saturated rings. The van der Waals surface area contributed by atoms with E-state index in [0.29, 0.717) is 28.4 Å². The number of hydrogen-bond donors (Lipinski definition) is 0. The zero-order valence-corrected chi connectivity index (χ0v) is 15.8. The summed E-state index contributed by atoms with van der Waals surface area (Å²) in [4.78, 5) is 16.4. The largest absolute Gasteiger partial charge is 0.493 e. The standard InChI is InChI=1S/C20H17F2NO6/c1-25-15-9-12(10-16(26-2)17(15)27-3)18-23-14(19(24)29-18)8-11-4-6-13(7-5-11)28-20(21)22/h4-10,20H,1-3H3/b14-8+. The molecule has 0 N–H and O–H groups in total. The van der Waals surface area contributed by atoms with Crippen LogP contribution < -0.4 is 18.9 Å². The first-order chi connectivity index (χ1) is 13.9. The van der Waals surface area contributed by atoms with E-state index in [1.165, 1.54) is 51.7 Å². The molecule has 152 valence electrons. The maximum Gasteiger partial charge on any atom is 0.387 e. The minimum Gasteiger partial charge on any atom is -0.493 e. The summed E-state index contributed by atoms with van der Waals surface area (Å²) in [6, 6.07) is 8.97. The molecule has 29 heavy (non-hydrogen) atoms. The van der Waals surface area contributed by atoms with E-state index in [4.69, 9.17) is 18.9 Å². The number of carbonyl (C=O) groups excluding carboxylic acids is 1. The van der Waals surface area contributed by atoms with Crippen molar-refractivity contribution in [2.24, 2.45) is 4.99 Å². The van der Waals surface area contributed by atoms with Crippen LogP contribution in [0.15, 0.2) is 47.1 Å². The van der Waals surface area contributed by atoms with E-state index in [1.54, 1.807) is 12.1 Å². The highest BCUT2D eigenvalue weighted by Crippen LogP contribution is 2.39. The van der Waals surface area contributed by atoms with Gasteiger partial charge in [0.2, 0.25) is 11.6 Å². The molecule has 0 radical (unpaired) electrons. The number of alkyl halides is 2. The molecule has 2 aromatic rings. The van der Waals surface area contributed by atoms with Crippen molar-refractivity contribution in [1.82, 2.24) is 0 Å². The molecule has 0 atom stereocenters. The van der Waals surface area contributed by atoms with E-state index in [0.717, 1.165) is 0 Å². The smallest absolute Gasteiger partial charge is 0.387 e. The first kappa shape index (κ1) is 20.1. The lowest BCUT2D eigenvalue weighted by molar-refractivity contribution is -0.129. The number of benzene rings is 2. The Morgan fingerprint density at radius 1 is 1.00 bits per heavy atom. The van der Waals surface area contributed by atoms with Crippen molar-refractivity contribution >= 4 is 17.9 Å². The van der Waals surface area contributed by atoms with Gasteiger partial charge in [-0.15, -0.1) is 0 Å². The number of carbonyl (C=O) groups is 1. The Morgan fingerprint density at radius 2 is 1.62 bits per heavy atom. The monoisotopic (exact) mass is 405 g/mol. The minimum absolute atomic E-state index is 0.0118. The first-order valence-corrected chi connectivity index (χ1v) is 8.33. The number of nitrogens with zero attached hydrogens (tertiary/aromatic N) is 1. The molecule has 0 aromatic heterocycles. The Balaban J connectivity index is 1.91. The average molecular weight is 405 g/mol. The third-order valence-electron chi connectivity index (χ3n) is 3.94. The summed E-state index contributed by atoms with van der Waals surface area (Å²) in [5.41, 5.74) is 1.07. The van der Waals surface area contributed by atoms with Gasteiger partial charge in [0.25, 0.3) is 0 Å². The fourth-order valence-electron chi connectivity index (χ4n) is 2.64. The van der Waals surface area contributed by atoms with E-state index in [-0.39, 0.29) is 17.3 Å². The van der Waals surface area contributed by atoms with Gasteiger partial charge in [-0.1, -0.05) is 12.1 Å². The van der Waals surface area contributed by atoms with Crippen LogP contribution in [0, 0.1) is 0 Å². The number of ether oxygens (including phenoxy) is 5. The summed E-state index contributed by atoms with van der Waals surface area (Å²) >= 11 is 0. The summed E-state index contributed by atoms with van der Waals surface area (Å²) in [6.07, 6.45) is 1.47. The number of aliphatic imine (C=N–C) groups is 1. The Kier molecular flexibility index (Phi) is 5.96. The van der Waals surface area contributed by atoms with Crippen LogP contribution in [0.2, 0.25) is 0 Å². The van der Waals surface area contributed by atoms with Gasteiger partial charge in [-0.2, -0.15) is 8.78 Å². The van der Waals surface area contributed by atoms with Crippen LogP contribution in [0.5, 0.6) is 23.0 Å². The number of cyclic esters (lactones) is 1. The summed E-state index contributed by atoms with van der Waals surface area (Å²) in [5.74, 6) is 0.586. The summed E-state index contributed by atoms with van der Waals surface area (Å²) < 4.78 is 49.8. The average Bonchev–Trinajstić information content (AvgIpc) is 3.08. The predicted molar refractivity (Wildman–Crippen MR) is 99.8 cm³/mol. The molecule has 1 aliphatic heterocycles. The van der Waals surface area contributed by atoms with Crippen molar-refractivity contribution in [3.63, 3.8) is 0 Å². The molecular formula is C20H17F2NO6. The van der Waals surface area contributed by atoms with Crippen LogP contribution in [0.3, 0.4) is 0 Å². The lowest BCUT2D eigenvalue weighted by atomic mass is 10.1. The van der Waals surface area contributed by atoms with Crippen LogP contribution in [0.4, 0.5) is 8.78 Å². The highest BCUT2D eigenvalue weighted by atomic mass is 19.3. The Morgan fingerprint density at radius 3 is 2.14 bits per heavy atom. The Hall–Kier alpha value is -3.62. The van der Waals surface area contributed by atoms with Crippen LogP contribution in [-0.4, -0.2) is 39.8 Å². The lowest BCUT2D eigenvalue weighted by Gasteiger charge is -2.13. The molecule has 2 aromatic carbocycles. The van der Waals surface area contributed by atoms with Gasteiger partial charge in [0.05, 0.1) is 21.3 Å². The topological polar surface area (TPSA) is 75.6 Å². The van der Waals surface area contributed by atoms with E-state index in [1.807, 2.05) is 0 Å². The lowest BCUT2D eigenvalue weighted by Crippen LogP contribution is -2.06. The molecule has 0 saturated carbocycles. The summed E-state index contributed by atoms with van der Waals surface area (Å²) in [5, 5.41) is 0. The molecule has 0 saturated heterocycles. The third kappa shape index (κ3) is 4.45. The molecule has 9 heteroatoms. The van der Waals surface area contributed by atoms with Gasteiger partial charge in [-0.3, -0.25) is 0 Å². The van der Waals surface area contributed by atoms with E-state index < -0.39 is 12.6 Å². The van der Waals surface area contributed by atoms with E-state index in [2.05, 4.69) is 9.73 Å². The second-order valence-corrected chi connectivity index (χ2v) is 5.70. The zero-order valence-electron chi connectivity index (χ0n) is 15.8. The molecule has 0 unspecified atom stereocenters. The highest BCUT2D eigenvalue weighted by Gasteiger charge is 2.26. The van der Waals surface area contributed by atoms with Crippen molar-refractivity contribution in [3.8, 4) is 23.0 Å². The van der Waals surface area contributed by atoms with Crippen molar-refractivity contribution in [2.75, 3.05) is 21.3 Å². The molecule has 0 bridgehead atoms. The van der Waals surface area contributed by atoms with Crippen LogP contribution in [0.1, 0.15) is 11.1 Å². The highest BCUT2D eigenvalue weighted by molar-refractivity contribution is 6.13. The summed E-state index contributed by atoms with van der Waals surface area (Å²) in [6.45, 7) is -2.91. The molecular weight excluding hydrogens is 388 g/mol. The number of rotatable bonds is 7. The van der Waals surface area contributed by atoms with Crippen molar-refractivity contribution < 1.29 is 37.3 Å². The molecule has 0 spiro atoms. The number of halogens is 2. The van der Waals surface area contributed by atoms with Crippen molar-refractivity contribution in [2.45, 2.75) is 6.61 Å². The number of methoxy groups -OCH3 is 3. The number of esters is 1. The molecule has 1 aliphatic rings. The maximum atomic E-state index is 12.2. The van der Waals surface area contributed by atoms with Crippen molar-refractivity contribution in [1.29, 1.82) is 0 Å². The van der Waals surface area contributed by atoms with Gasteiger partial charge in [-0.25, -0.2) is 9.79 Å². The van der Waals surface area contributed by atoms with Gasteiger partial charge in [-0.05, 0) is 35.9 Å². The minimum atomic E-state index is -2.91. The van der Waals surface area contributed by atoms with Crippen LogP contribution >= 0.6 is 0 Å². The van der Waals surface area contributed by atoms with Gasteiger partial charge in [0.15, 0.2) is 17.2 Å². The Labute approximate surface area is 165 Å². The normalized spacial score (nSPS) is 14.6. The van der Waals surface area contributed by atoms with Gasteiger partial charge >= 0.3 is 12.6 Å². The molecule has 0 amide bonds. The van der Waals surface area contributed by atoms with Gasteiger partial charge in [0.1, 0.15) is 5.75 Å². The second kappa shape index (κ2) is 8.59.